The van der Waals surface area contributed by atoms with E-state index in [1.54, 1.807) is 31.2 Å². The summed E-state index contributed by atoms with van der Waals surface area (Å²) in [6.45, 7) is 1.51. The first-order valence-electron chi connectivity index (χ1n) is 12.9. The molecule has 232 valence electrons. The van der Waals surface area contributed by atoms with Crippen molar-refractivity contribution in [3.05, 3.63) is 48.5 Å². The van der Waals surface area contributed by atoms with Crippen LogP contribution in [0, 0.1) is 0 Å². The van der Waals surface area contributed by atoms with Crippen LogP contribution < -0.4 is 10.6 Å². The van der Waals surface area contributed by atoms with Gasteiger partial charge in [0.15, 0.2) is 29.5 Å². The first kappa shape index (κ1) is 31.1. The average Bonchev–Trinajstić information content (AvgIpc) is 3.66. The molecule has 0 radical (unpaired) electrons. The van der Waals surface area contributed by atoms with Crippen LogP contribution in [0.2, 0.25) is 0 Å². The molecule has 0 spiro atoms. The monoisotopic (exact) mass is 642 g/mol. The molecule has 2 aliphatic heterocycles. The summed E-state index contributed by atoms with van der Waals surface area (Å²) in [5.74, 6) is -1.25. The molecule has 43 heavy (non-hydrogen) atoms. The number of hydrogen-bond acceptors (Lipinski definition) is 12. The van der Waals surface area contributed by atoms with Crippen LogP contribution in [-0.4, -0.2) is 84.0 Å². The normalized spacial score (nSPS) is 26.0. The summed E-state index contributed by atoms with van der Waals surface area (Å²) in [6, 6.07) is 8.50. The van der Waals surface area contributed by atoms with Gasteiger partial charge in [-0.2, -0.15) is 0 Å². The standard InChI is InChI=1S/C23H28N6O12P2/c1-2-24-23(32)28-19-16-20(26-11-25-19)29(12-27-16)21-18-17(39-22(40-18)13-6-4-3-5-7-13)14(38-21)10-37-43(35,36)41-42(33,34)9-8-15(30)31/h3-7,11-12,14,17-18,21-22H,2,8-10H2,1H3,(H,30,31)(H,33,34)(H,35,36)(H2,24,25,26,28,32)/t14-,17?,18?,21-,22-/m1/s1. The maximum absolute atomic E-state index is 12.5. The predicted molar refractivity (Wildman–Crippen MR) is 145 cm³/mol. The van der Waals surface area contributed by atoms with Gasteiger partial charge >= 0.3 is 27.4 Å². The number of phosphoric acid groups is 1. The summed E-state index contributed by atoms with van der Waals surface area (Å²) in [5, 5.41) is 13.9. The van der Waals surface area contributed by atoms with Gasteiger partial charge in [-0.05, 0) is 6.92 Å². The number of phosphoric ester groups is 1. The van der Waals surface area contributed by atoms with Crippen molar-refractivity contribution in [1.82, 2.24) is 24.8 Å². The van der Waals surface area contributed by atoms with Crippen molar-refractivity contribution in [3.8, 4) is 0 Å². The summed E-state index contributed by atoms with van der Waals surface area (Å²) >= 11 is 0. The van der Waals surface area contributed by atoms with Crippen LogP contribution in [0.1, 0.15) is 31.4 Å². The van der Waals surface area contributed by atoms with E-state index >= 15 is 0 Å². The molecule has 0 bridgehead atoms. The minimum Gasteiger partial charge on any atom is -0.481 e. The smallest absolute Gasteiger partial charge is 0.479 e. The number of carbonyl (C=O) groups is 2. The molecule has 0 saturated carbocycles. The van der Waals surface area contributed by atoms with E-state index in [4.69, 9.17) is 23.8 Å². The Balaban J connectivity index is 1.38. The van der Waals surface area contributed by atoms with Crippen molar-refractivity contribution < 1.29 is 56.7 Å². The zero-order valence-electron chi connectivity index (χ0n) is 22.5. The molecule has 4 unspecified atom stereocenters. The zero-order valence-corrected chi connectivity index (χ0v) is 24.2. The SMILES string of the molecule is CCNC(=O)Nc1ncnc2c1ncn2[C@@H]1O[C@H](COP(=O)(O)OP(=O)(O)CCC(=O)O)C2O[C@@H](c3ccccc3)OC21. The number of ether oxygens (including phenoxy) is 3. The number of rotatable bonds is 12. The highest BCUT2D eigenvalue weighted by molar-refractivity contribution is 7.64. The fourth-order valence-electron chi connectivity index (χ4n) is 4.53. The van der Waals surface area contributed by atoms with E-state index in [0.717, 1.165) is 0 Å². The molecule has 18 nitrogen and oxygen atoms in total. The second-order valence-electron chi connectivity index (χ2n) is 9.39. The van der Waals surface area contributed by atoms with Gasteiger partial charge in [0.05, 0.1) is 25.5 Å². The molecule has 2 fully saturated rings. The Bertz CT molecular complexity index is 1570. The van der Waals surface area contributed by atoms with Gasteiger partial charge in [0.25, 0.3) is 0 Å². The van der Waals surface area contributed by atoms with Gasteiger partial charge in [-0.1, -0.05) is 30.3 Å². The zero-order chi connectivity index (χ0) is 30.8. The van der Waals surface area contributed by atoms with Crippen LogP contribution in [0.25, 0.3) is 11.2 Å². The number of nitrogens with zero attached hydrogens (tertiary/aromatic N) is 4. The number of nitrogens with one attached hydrogen (secondary N) is 2. The summed E-state index contributed by atoms with van der Waals surface area (Å²) in [4.78, 5) is 55.4. The van der Waals surface area contributed by atoms with Crippen molar-refractivity contribution in [2.24, 2.45) is 0 Å². The van der Waals surface area contributed by atoms with E-state index in [1.165, 1.54) is 17.2 Å². The fourth-order valence-corrected chi connectivity index (χ4v) is 7.15. The van der Waals surface area contributed by atoms with Crippen LogP contribution in [0.3, 0.4) is 0 Å². The molecule has 1 aromatic carbocycles. The molecule has 0 aliphatic carbocycles. The molecule has 7 atom stereocenters. The summed E-state index contributed by atoms with van der Waals surface area (Å²) in [7, 11) is -9.93. The van der Waals surface area contributed by atoms with Crippen molar-refractivity contribution in [2.45, 2.75) is 44.2 Å². The Morgan fingerprint density at radius 2 is 1.81 bits per heavy atom. The van der Waals surface area contributed by atoms with Crippen LogP contribution in [0.5, 0.6) is 0 Å². The molecule has 2 aromatic heterocycles. The van der Waals surface area contributed by atoms with Crippen LogP contribution >= 0.6 is 15.4 Å². The van der Waals surface area contributed by atoms with Gasteiger partial charge in [-0.15, -0.1) is 0 Å². The number of aromatic nitrogens is 4. The number of anilines is 1. The lowest BCUT2D eigenvalue weighted by Crippen LogP contribution is -2.31. The highest BCUT2D eigenvalue weighted by atomic mass is 31.3. The third kappa shape index (κ3) is 7.26. The molecule has 5 rings (SSSR count). The Labute approximate surface area is 243 Å². The summed E-state index contributed by atoms with van der Waals surface area (Å²) < 4.78 is 54.0. The number of amides is 2. The second kappa shape index (κ2) is 12.7. The first-order valence-corrected chi connectivity index (χ1v) is 16.2. The molecule has 3 aromatic rings. The lowest BCUT2D eigenvalue weighted by atomic mass is 10.1. The number of imidazole rings is 1. The van der Waals surface area contributed by atoms with Crippen LogP contribution in [0.4, 0.5) is 10.6 Å². The maximum atomic E-state index is 12.5. The van der Waals surface area contributed by atoms with Gasteiger partial charge in [0.1, 0.15) is 24.6 Å². The fraction of sp³-hybridized carbons (Fsp3) is 0.435. The second-order valence-corrected chi connectivity index (χ2v) is 13.0. The highest BCUT2D eigenvalue weighted by Crippen LogP contribution is 2.60. The molecular weight excluding hydrogens is 614 g/mol. The number of hydrogen-bond donors (Lipinski definition) is 5. The number of urea groups is 1. The van der Waals surface area contributed by atoms with E-state index in [1.807, 2.05) is 6.07 Å². The molecule has 2 amide bonds. The Hall–Kier alpha value is -3.31. The highest BCUT2D eigenvalue weighted by Gasteiger charge is 2.54. The average molecular weight is 642 g/mol. The van der Waals surface area contributed by atoms with Gasteiger partial charge in [-0.3, -0.25) is 23.8 Å². The Morgan fingerprint density at radius 3 is 2.53 bits per heavy atom. The third-order valence-corrected chi connectivity index (χ3v) is 9.47. The molecular formula is C23H28N6O12P2. The van der Waals surface area contributed by atoms with E-state index < -0.39 is 77.4 Å². The van der Waals surface area contributed by atoms with Crippen molar-refractivity contribution in [1.29, 1.82) is 0 Å². The minimum atomic E-state index is -5.15. The lowest BCUT2D eigenvalue weighted by molar-refractivity contribution is -0.152. The first-order chi connectivity index (χ1) is 20.5. The van der Waals surface area contributed by atoms with Crippen molar-refractivity contribution in [3.63, 3.8) is 0 Å². The number of fused-ring (bicyclic) bond motifs is 2. The van der Waals surface area contributed by atoms with Crippen molar-refractivity contribution in [2.75, 3.05) is 24.6 Å². The van der Waals surface area contributed by atoms with Gasteiger partial charge < -0.3 is 34.4 Å². The summed E-state index contributed by atoms with van der Waals surface area (Å²) in [6.07, 6.45) is -3.57. The number of carboxylic acid groups (broad SMARTS) is 1. The maximum Gasteiger partial charge on any atom is 0.479 e. The topological polar surface area (TPSA) is 243 Å². The number of benzene rings is 1. The van der Waals surface area contributed by atoms with Crippen LogP contribution in [-0.2, 0) is 37.0 Å². The Kier molecular flexibility index (Phi) is 9.22. The Morgan fingerprint density at radius 1 is 1.07 bits per heavy atom. The number of carbonyl (C=O) groups excluding carboxylic acids is 1. The quantitative estimate of drug-likeness (QED) is 0.178. The van der Waals surface area contributed by atoms with E-state index in [0.29, 0.717) is 12.1 Å². The predicted octanol–water partition coefficient (Wildman–Crippen LogP) is 2.14. The number of carboxylic acids is 1. The lowest BCUT2D eigenvalue weighted by Gasteiger charge is -2.22. The molecule has 4 heterocycles. The third-order valence-electron chi connectivity index (χ3n) is 6.36. The van der Waals surface area contributed by atoms with E-state index in [2.05, 4.69) is 29.9 Å². The van der Waals surface area contributed by atoms with Crippen LogP contribution in [0.15, 0.2) is 43.0 Å². The molecule has 20 heteroatoms. The van der Waals surface area contributed by atoms with Gasteiger partial charge in [0, 0.05) is 12.1 Å². The molecule has 2 saturated heterocycles. The van der Waals surface area contributed by atoms with E-state index in [9.17, 15) is 28.5 Å². The van der Waals surface area contributed by atoms with Crippen molar-refractivity contribution >= 4 is 44.4 Å². The largest absolute Gasteiger partial charge is 0.481 e. The van der Waals surface area contributed by atoms with Gasteiger partial charge in [-0.25, -0.2) is 28.6 Å². The number of aliphatic carboxylic acids is 1. The van der Waals surface area contributed by atoms with Gasteiger partial charge in [0.2, 0.25) is 0 Å². The molecule has 5 N–H and O–H groups in total. The molecule has 2 aliphatic rings. The summed E-state index contributed by atoms with van der Waals surface area (Å²) in [5.41, 5.74) is 1.22. The van der Waals surface area contributed by atoms with E-state index in [-0.39, 0.29) is 17.0 Å². The minimum absolute atomic E-state index is 0.143.